The molecule has 5 nitrogen and oxygen atoms in total. The first kappa shape index (κ1) is 11.9. The van der Waals surface area contributed by atoms with E-state index in [-0.39, 0.29) is 21.1 Å². The normalized spacial score (nSPS) is 12.1. The average molecular weight is 274 g/mol. The van der Waals surface area contributed by atoms with Crippen LogP contribution in [0.4, 0.5) is 0 Å². The molecule has 2 aromatic carbocycles. The first-order chi connectivity index (χ1) is 8.98. The van der Waals surface area contributed by atoms with Crippen molar-refractivity contribution in [2.75, 3.05) is 0 Å². The molecule has 19 heavy (non-hydrogen) atoms. The van der Waals surface area contributed by atoms with E-state index in [2.05, 4.69) is 4.98 Å². The van der Waals surface area contributed by atoms with Crippen LogP contribution in [-0.2, 0) is 10.1 Å². The second-order valence-corrected chi connectivity index (χ2v) is 5.49. The summed E-state index contributed by atoms with van der Waals surface area (Å²) in [6, 6.07) is 8.88. The second-order valence-electron chi connectivity index (χ2n) is 4.14. The lowest BCUT2D eigenvalue weighted by Crippen LogP contribution is -2.06. The fourth-order valence-electron chi connectivity index (χ4n) is 2.20. The number of fused-ring (bicyclic) bond motifs is 3. The molecule has 1 heterocycles. The van der Waals surface area contributed by atoms with Gasteiger partial charge in [0.2, 0.25) is 0 Å². The third-order valence-electron chi connectivity index (χ3n) is 3.00. The fourth-order valence-corrected chi connectivity index (χ4v) is 2.87. The maximum absolute atomic E-state index is 12.0. The van der Waals surface area contributed by atoms with Gasteiger partial charge in [0.25, 0.3) is 0 Å². The Balaban J connectivity index is 2.65. The Morgan fingerprint density at radius 2 is 1.84 bits per heavy atom. The molecular weight excluding hydrogens is 266 g/mol. The summed E-state index contributed by atoms with van der Waals surface area (Å²) in [5.74, 6) is 0. The summed E-state index contributed by atoms with van der Waals surface area (Å²) in [4.78, 5) is 14.5. The molecule has 3 rings (SSSR count). The van der Waals surface area contributed by atoms with Gasteiger partial charge >= 0.3 is 0 Å². The number of H-pyrrole nitrogens is 1. The van der Waals surface area contributed by atoms with E-state index in [9.17, 15) is 17.8 Å². The molecular formula is C13H8NO4S-. The zero-order chi connectivity index (χ0) is 13.6. The van der Waals surface area contributed by atoms with E-state index in [1.807, 2.05) is 0 Å². The molecule has 0 radical (unpaired) electrons. The van der Waals surface area contributed by atoms with Crippen molar-refractivity contribution in [3.63, 3.8) is 0 Å². The van der Waals surface area contributed by atoms with Crippen molar-refractivity contribution in [1.29, 1.82) is 0 Å². The van der Waals surface area contributed by atoms with Crippen LogP contribution in [0.15, 0.2) is 52.3 Å². The first-order valence-corrected chi connectivity index (χ1v) is 6.88. The average Bonchev–Trinajstić information content (AvgIpc) is 2.37. The molecule has 1 aromatic heterocycles. The molecule has 0 aliphatic heterocycles. The van der Waals surface area contributed by atoms with Crippen molar-refractivity contribution in [3.05, 3.63) is 52.8 Å². The largest absolute Gasteiger partial charge is 0.744 e. The molecule has 0 unspecified atom stereocenters. The molecule has 0 spiro atoms. The van der Waals surface area contributed by atoms with Crippen LogP contribution in [0.25, 0.3) is 21.7 Å². The van der Waals surface area contributed by atoms with Crippen LogP contribution in [0.2, 0.25) is 0 Å². The minimum absolute atomic E-state index is 0.150. The minimum Gasteiger partial charge on any atom is -0.744 e. The molecule has 1 N–H and O–H groups in total. The number of nitrogens with one attached hydrogen (secondary N) is 1. The van der Waals surface area contributed by atoms with Gasteiger partial charge in [-0.3, -0.25) is 4.79 Å². The lowest BCUT2D eigenvalue weighted by Gasteiger charge is -2.11. The Bertz CT molecular complexity index is 957. The van der Waals surface area contributed by atoms with Crippen molar-refractivity contribution in [3.8, 4) is 0 Å². The summed E-state index contributed by atoms with van der Waals surface area (Å²) in [5, 5.41) is 1.14. The molecule has 6 heteroatoms. The minimum atomic E-state index is -4.62. The van der Waals surface area contributed by atoms with Gasteiger partial charge in [-0.1, -0.05) is 18.2 Å². The van der Waals surface area contributed by atoms with Crippen molar-refractivity contribution < 1.29 is 13.0 Å². The molecule has 0 atom stereocenters. The topological polar surface area (TPSA) is 90.1 Å². The summed E-state index contributed by atoms with van der Waals surface area (Å²) in [5.41, 5.74) is 0.200. The van der Waals surface area contributed by atoms with Gasteiger partial charge in [0.15, 0.2) is 5.43 Å². The maximum Gasteiger partial charge on any atom is 0.188 e. The Kier molecular flexibility index (Phi) is 2.44. The van der Waals surface area contributed by atoms with Gasteiger partial charge in [-0.25, -0.2) is 8.42 Å². The van der Waals surface area contributed by atoms with Crippen LogP contribution < -0.4 is 5.43 Å². The van der Waals surface area contributed by atoms with Gasteiger partial charge in [0.1, 0.15) is 10.1 Å². The number of rotatable bonds is 1. The smallest absolute Gasteiger partial charge is 0.188 e. The van der Waals surface area contributed by atoms with Crippen molar-refractivity contribution >= 4 is 31.8 Å². The molecule has 96 valence electrons. The second kappa shape index (κ2) is 3.91. The lowest BCUT2D eigenvalue weighted by atomic mass is 10.1. The predicted molar refractivity (Wildman–Crippen MR) is 70.0 cm³/mol. The number of aromatic amines is 1. The molecule has 0 amide bonds. The summed E-state index contributed by atoms with van der Waals surface area (Å²) in [6.07, 6.45) is 1.64. The van der Waals surface area contributed by atoms with Crippen molar-refractivity contribution in [1.82, 2.24) is 4.98 Å². The van der Waals surface area contributed by atoms with E-state index in [0.29, 0.717) is 5.52 Å². The first-order valence-electron chi connectivity index (χ1n) is 5.47. The number of hydrogen-bond acceptors (Lipinski definition) is 4. The third kappa shape index (κ3) is 1.81. The number of aromatic nitrogens is 1. The van der Waals surface area contributed by atoms with E-state index in [0.717, 1.165) is 17.5 Å². The Morgan fingerprint density at radius 1 is 1.05 bits per heavy atom. The van der Waals surface area contributed by atoms with E-state index >= 15 is 0 Å². The van der Waals surface area contributed by atoms with Gasteiger partial charge in [-0.15, -0.1) is 0 Å². The maximum atomic E-state index is 12.0. The highest BCUT2D eigenvalue weighted by atomic mass is 32.2. The number of benzene rings is 2. The predicted octanol–water partition coefficient (Wildman–Crippen LogP) is 1.59. The molecule has 3 aromatic rings. The van der Waals surface area contributed by atoms with Gasteiger partial charge in [0, 0.05) is 11.6 Å². The Labute approximate surface area is 108 Å². The van der Waals surface area contributed by atoms with Crippen molar-refractivity contribution in [2.24, 2.45) is 0 Å². The van der Waals surface area contributed by atoms with E-state index in [1.165, 1.54) is 6.07 Å². The zero-order valence-corrected chi connectivity index (χ0v) is 10.4. The van der Waals surface area contributed by atoms with Crippen molar-refractivity contribution in [2.45, 2.75) is 4.90 Å². The van der Waals surface area contributed by atoms with Gasteiger partial charge in [0.05, 0.1) is 15.8 Å². The van der Waals surface area contributed by atoms with Gasteiger partial charge in [-0.2, -0.15) is 0 Å². The van der Waals surface area contributed by atoms with E-state index < -0.39 is 10.1 Å². The number of hydrogen-bond donors (Lipinski definition) is 1. The van der Waals surface area contributed by atoms with Gasteiger partial charge in [-0.05, 0) is 23.6 Å². The van der Waals surface area contributed by atoms with E-state index in [1.54, 1.807) is 24.4 Å². The molecule has 0 saturated carbocycles. The highest BCUT2D eigenvalue weighted by molar-refractivity contribution is 7.86. The Morgan fingerprint density at radius 3 is 2.58 bits per heavy atom. The quantitative estimate of drug-likeness (QED) is 0.539. The lowest BCUT2D eigenvalue weighted by molar-refractivity contribution is 0.464. The standard InChI is InChI=1S/C13H9NO4S/c15-10-5-6-11(19(16,17)18)9-4-3-8-2-1-7-14-13(8)12(9)10/h1-7,14H,(H,16,17,18)/p-1. The van der Waals surface area contributed by atoms with Crippen LogP contribution in [0.3, 0.4) is 0 Å². The monoisotopic (exact) mass is 274 g/mol. The van der Waals surface area contributed by atoms with Crippen LogP contribution in [-0.4, -0.2) is 18.0 Å². The Hall–Kier alpha value is -2.18. The molecule has 0 saturated heterocycles. The summed E-state index contributed by atoms with van der Waals surface area (Å²) < 4.78 is 33.7. The van der Waals surface area contributed by atoms with Crippen LogP contribution >= 0.6 is 0 Å². The number of pyridine rings is 1. The fraction of sp³-hybridized carbons (Fsp3) is 0. The highest BCUT2D eigenvalue weighted by Crippen LogP contribution is 2.25. The van der Waals surface area contributed by atoms with Gasteiger partial charge < -0.3 is 9.54 Å². The summed E-state index contributed by atoms with van der Waals surface area (Å²) in [7, 11) is -4.62. The van der Waals surface area contributed by atoms with Crippen LogP contribution in [0, 0.1) is 0 Å². The molecule has 0 fully saturated rings. The summed E-state index contributed by atoms with van der Waals surface area (Å²) >= 11 is 0. The molecule has 0 bridgehead atoms. The van der Waals surface area contributed by atoms with E-state index in [4.69, 9.17) is 0 Å². The highest BCUT2D eigenvalue weighted by Gasteiger charge is 2.12. The van der Waals surface area contributed by atoms with Crippen LogP contribution in [0.5, 0.6) is 0 Å². The molecule has 0 aliphatic rings. The summed E-state index contributed by atoms with van der Waals surface area (Å²) in [6.45, 7) is 0. The third-order valence-corrected chi connectivity index (χ3v) is 3.90. The van der Waals surface area contributed by atoms with Crippen LogP contribution in [0.1, 0.15) is 0 Å². The molecule has 0 aliphatic carbocycles. The SMILES string of the molecule is O=c1ccc(S(=O)(=O)[O-])c2ccc3ccc[nH]c3c12. The zero-order valence-electron chi connectivity index (χ0n) is 9.58.